The number of halogens is 1. The SMILES string of the molecule is COCCCN1C(=O)CCc2ccc(COC3CNCCC3c3ccc(OCCCCOc4ccccc4Cl)cc3)cc21. The van der Waals surface area contributed by atoms with E-state index in [-0.39, 0.29) is 12.0 Å². The molecule has 2 aliphatic rings. The summed E-state index contributed by atoms with van der Waals surface area (Å²) >= 11 is 6.14. The predicted octanol–water partition coefficient (Wildman–Crippen LogP) is 6.56. The van der Waals surface area contributed by atoms with E-state index in [0.717, 1.165) is 67.9 Å². The molecule has 8 heteroatoms. The lowest BCUT2D eigenvalue weighted by Gasteiger charge is -2.33. The Kier molecular flexibility index (Phi) is 11.7. The van der Waals surface area contributed by atoms with Gasteiger partial charge in [0, 0.05) is 44.8 Å². The Morgan fingerprint density at radius 3 is 2.56 bits per heavy atom. The van der Waals surface area contributed by atoms with E-state index in [1.807, 2.05) is 29.2 Å². The molecule has 0 bridgehead atoms. The van der Waals surface area contributed by atoms with Crippen LogP contribution < -0.4 is 19.7 Å². The van der Waals surface area contributed by atoms with E-state index in [2.05, 4.69) is 47.8 Å². The van der Waals surface area contributed by atoms with Crippen molar-refractivity contribution in [2.75, 3.05) is 51.5 Å². The number of unbranched alkanes of at least 4 members (excludes halogenated alkanes) is 1. The summed E-state index contributed by atoms with van der Waals surface area (Å²) in [6, 6.07) is 22.4. The Morgan fingerprint density at radius 1 is 0.930 bits per heavy atom. The van der Waals surface area contributed by atoms with Crippen LogP contribution in [0.5, 0.6) is 11.5 Å². The number of ether oxygens (including phenoxy) is 4. The Hall–Kier alpha value is -3.10. The molecule has 1 saturated heterocycles. The van der Waals surface area contributed by atoms with E-state index in [4.69, 9.17) is 30.5 Å². The van der Waals surface area contributed by atoms with Crippen LogP contribution in [-0.4, -0.2) is 58.6 Å². The monoisotopic (exact) mass is 606 g/mol. The number of hydrogen-bond donors (Lipinski definition) is 1. The molecule has 3 aromatic rings. The average molecular weight is 607 g/mol. The van der Waals surface area contributed by atoms with Crippen LogP contribution in [0.1, 0.15) is 54.7 Å². The largest absolute Gasteiger partial charge is 0.494 e. The lowest BCUT2D eigenvalue weighted by molar-refractivity contribution is -0.118. The summed E-state index contributed by atoms with van der Waals surface area (Å²) in [5.74, 6) is 2.09. The van der Waals surface area contributed by atoms with Gasteiger partial charge in [0.05, 0.1) is 30.9 Å². The van der Waals surface area contributed by atoms with E-state index in [1.165, 1.54) is 11.1 Å². The molecule has 2 heterocycles. The molecule has 0 aromatic heterocycles. The molecule has 1 amide bonds. The van der Waals surface area contributed by atoms with Crippen LogP contribution in [0.25, 0.3) is 0 Å². The molecule has 2 aliphatic heterocycles. The van der Waals surface area contributed by atoms with Gasteiger partial charge in [0.25, 0.3) is 0 Å². The third kappa shape index (κ3) is 8.73. The van der Waals surface area contributed by atoms with E-state index >= 15 is 0 Å². The number of nitrogens with one attached hydrogen (secondary N) is 1. The number of benzene rings is 3. The number of amides is 1. The summed E-state index contributed by atoms with van der Waals surface area (Å²) in [4.78, 5) is 14.6. The lowest BCUT2D eigenvalue weighted by Crippen LogP contribution is -2.41. The number of nitrogens with zero attached hydrogens (tertiary/aromatic N) is 1. The van der Waals surface area contributed by atoms with Crippen molar-refractivity contribution in [3.8, 4) is 11.5 Å². The van der Waals surface area contributed by atoms with Crippen molar-refractivity contribution in [2.24, 2.45) is 0 Å². The number of carbonyl (C=O) groups excluding carboxylic acids is 1. The fourth-order valence-electron chi connectivity index (χ4n) is 5.82. The second-order valence-corrected chi connectivity index (χ2v) is 11.6. The molecule has 0 aliphatic carbocycles. The van der Waals surface area contributed by atoms with E-state index < -0.39 is 0 Å². The van der Waals surface area contributed by atoms with Crippen LogP contribution in [0.2, 0.25) is 5.02 Å². The van der Waals surface area contributed by atoms with E-state index in [1.54, 1.807) is 7.11 Å². The number of anilines is 1. The van der Waals surface area contributed by atoms with Gasteiger partial charge in [-0.2, -0.15) is 0 Å². The van der Waals surface area contributed by atoms with Crippen LogP contribution in [0.15, 0.2) is 66.7 Å². The smallest absolute Gasteiger partial charge is 0.227 e. The highest BCUT2D eigenvalue weighted by molar-refractivity contribution is 6.32. The van der Waals surface area contributed by atoms with Crippen molar-refractivity contribution in [3.63, 3.8) is 0 Å². The number of fused-ring (bicyclic) bond motifs is 1. The van der Waals surface area contributed by atoms with Gasteiger partial charge in [-0.15, -0.1) is 0 Å². The van der Waals surface area contributed by atoms with Gasteiger partial charge >= 0.3 is 0 Å². The fourth-order valence-corrected chi connectivity index (χ4v) is 6.01. The maximum absolute atomic E-state index is 12.7. The summed E-state index contributed by atoms with van der Waals surface area (Å²) in [6.45, 7) is 4.86. The number of methoxy groups -OCH3 is 1. The summed E-state index contributed by atoms with van der Waals surface area (Å²) in [5, 5.41) is 4.14. The molecular formula is C35H43ClN2O5. The summed E-state index contributed by atoms with van der Waals surface area (Å²) < 4.78 is 23.5. The van der Waals surface area contributed by atoms with Gasteiger partial charge in [-0.3, -0.25) is 4.79 Å². The lowest BCUT2D eigenvalue weighted by atomic mass is 9.87. The highest BCUT2D eigenvalue weighted by Gasteiger charge is 2.28. The van der Waals surface area contributed by atoms with Crippen molar-refractivity contribution in [2.45, 2.75) is 57.2 Å². The third-order valence-corrected chi connectivity index (χ3v) is 8.49. The topological polar surface area (TPSA) is 69.3 Å². The molecule has 0 saturated carbocycles. The maximum atomic E-state index is 12.7. The minimum absolute atomic E-state index is 0.0640. The molecule has 5 rings (SSSR count). The van der Waals surface area contributed by atoms with Gasteiger partial charge in [-0.1, -0.05) is 48.0 Å². The van der Waals surface area contributed by atoms with Crippen LogP contribution in [0.4, 0.5) is 5.69 Å². The second kappa shape index (κ2) is 16.1. The fraction of sp³-hybridized carbons (Fsp3) is 0.457. The zero-order valence-electron chi connectivity index (χ0n) is 25.1. The van der Waals surface area contributed by atoms with E-state index in [0.29, 0.717) is 50.3 Å². The minimum Gasteiger partial charge on any atom is -0.494 e. The Labute approximate surface area is 260 Å². The standard InChI is InChI=1S/C35H43ClN2O5/c1-40-20-6-19-38-32-23-26(9-10-28(32)13-16-35(38)39)25-43-34-24-37-18-17-30(34)27-11-14-29(15-12-27)41-21-4-5-22-42-33-8-3-2-7-31(33)36/h2-3,7-12,14-15,23,30,34,37H,4-6,13,16-22,24-25H2,1H3. The normalized spacial score (nSPS) is 18.4. The summed E-state index contributed by atoms with van der Waals surface area (Å²) in [7, 11) is 1.70. The highest BCUT2D eigenvalue weighted by Crippen LogP contribution is 2.32. The Bertz CT molecular complexity index is 1320. The van der Waals surface area contributed by atoms with Crippen LogP contribution in [0, 0.1) is 0 Å². The molecule has 230 valence electrons. The molecule has 2 atom stereocenters. The van der Waals surface area contributed by atoms with Gasteiger partial charge in [0.1, 0.15) is 11.5 Å². The first-order valence-corrected chi connectivity index (χ1v) is 15.8. The molecule has 0 radical (unpaired) electrons. The number of hydrogen-bond acceptors (Lipinski definition) is 6. The molecule has 1 N–H and O–H groups in total. The van der Waals surface area contributed by atoms with Crippen molar-refractivity contribution in [3.05, 3.63) is 88.4 Å². The Balaban J connectivity index is 1.10. The molecule has 1 fully saturated rings. The van der Waals surface area contributed by atoms with E-state index in [9.17, 15) is 4.79 Å². The number of carbonyl (C=O) groups is 1. The van der Waals surface area contributed by atoms with Crippen molar-refractivity contribution < 1.29 is 23.7 Å². The second-order valence-electron chi connectivity index (χ2n) is 11.2. The number of aryl methyl sites for hydroxylation is 1. The molecule has 7 nitrogen and oxygen atoms in total. The highest BCUT2D eigenvalue weighted by atomic mass is 35.5. The average Bonchev–Trinajstić information content (AvgIpc) is 3.04. The first kappa shape index (κ1) is 31.3. The molecule has 0 spiro atoms. The number of piperidine rings is 1. The first-order valence-electron chi connectivity index (χ1n) is 15.5. The van der Waals surface area contributed by atoms with Crippen molar-refractivity contribution in [1.29, 1.82) is 0 Å². The molecular weight excluding hydrogens is 564 g/mol. The predicted molar refractivity (Wildman–Crippen MR) is 171 cm³/mol. The third-order valence-electron chi connectivity index (χ3n) is 8.18. The zero-order chi connectivity index (χ0) is 29.9. The number of para-hydroxylation sites is 1. The van der Waals surface area contributed by atoms with Gasteiger partial charge in [0.2, 0.25) is 5.91 Å². The molecule has 2 unspecified atom stereocenters. The van der Waals surface area contributed by atoms with Crippen molar-refractivity contribution in [1.82, 2.24) is 5.32 Å². The molecule has 3 aromatic carbocycles. The zero-order valence-corrected chi connectivity index (χ0v) is 25.8. The quantitative estimate of drug-likeness (QED) is 0.198. The minimum atomic E-state index is 0.0640. The Morgan fingerprint density at radius 2 is 1.74 bits per heavy atom. The summed E-state index contributed by atoms with van der Waals surface area (Å²) in [5.41, 5.74) is 4.61. The first-order chi connectivity index (χ1) is 21.1. The van der Waals surface area contributed by atoms with Gasteiger partial charge in [0.15, 0.2) is 0 Å². The van der Waals surface area contributed by atoms with Crippen LogP contribution >= 0.6 is 11.6 Å². The summed E-state index contributed by atoms with van der Waals surface area (Å²) in [6.07, 6.45) is 5.05. The maximum Gasteiger partial charge on any atom is 0.227 e. The van der Waals surface area contributed by atoms with Gasteiger partial charge in [-0.05, 0) is 85.7 Å². The molecule has 43 heavy (non-hydrogen) atoms. The van der Waals surface area contributed by atoms with Gasteiger partial charge < -0.3 is 29.2 Å². The van der Waals surface area contributed by atoms with Crippen molar-refractivity contribution >= 4 is 23.2 Å². The van der Waals surface area contributed by atoms with Crippen LogP contribution in [-0.2, 0) is 27.3 Å². The van der Waals surface area contributed by atoms with Gasteiger partial charge in [-0.25, -0.2) is 0 Å². The van der Waals surface area contributed by atoms with Crippen LogP contribution in [0.3, 0.4) is 0 Å². The number of rotatable bonds is 15.